The lowest BCUT2D eigenvalue weighted by Gasteiger charge is -2.19. The van der Waals surface area contributed by atoms with Crippen molar-refractivity contribution >= 4 is 43.5 Å². The summed E-state index contributed by atoms with van der Waals surface area (Å²) in [5.41, 5.74) is 0.896. The number of hydrogen-bond acceptors (Lipinski definition) is 8. The van der Waals surface area contributed by atoms with Crippen LogP contribution in [0.25, 0.3) is 10.2 Å². The lowest BCUT2D eigenvalue weighted by Crippen LogP contribution is -2.31. The lowest BCUT2D eigenvalue weighted by atomic mass is 10.2. The minimum Gasteiger partial charge on any atom is -0.486 e. The molecule has 0 atom stereocenters. The van der Waals surface area contributed by atoms with Crippen LogP contribution >= 0.6 is 11.3 Å². The first-order valence-corrected chi connectivity index (χ1v) is 14.3. The highest BCUT2D eigenvalue weighted by Crippen LogP contribution is 2.35. The minimum atomic E-state index is -3.62. The van der Waals surface area contributed by atoms with E-state index in [2.05, 4.69) is 4.99 Å². The largest absolute Gasteiger partial charge is 0.486 e. The van der Waals surface area contributed by atoms with Gasteiger partial charge in [0.1, 0.15) is 19.8 Å². The topological polar surface area (TPSA) is 117 Å². The van der Waals surface area contributed by atoms with Crippen LogP contribution in [0.4, 0.5) is 0 Å². The molecule has 0 spiro atoms. The van der Waals surface area contributed by atoms with Crippen LogP contribution in [0.15, 0.2) is 46.3 Å². The summed E-state index contributed by atoms with van der Waals surface area (Å²) in [6.07, 6.45) is 3.74. The van der Waals surface area contributed by atoms with Crippen molar-refractivity contribution in [3.63, 3.8) is 0 Å². The van der Waals surface area contributed by atoms with Crippen LogP contribution in [0, 0.1) is 0 Å². The number of amides is 1. The fourth-order valence-corrected chi connectivity index (χ4v) is 6.95. The van der Waals surface area contributed by atoms with Gasteiger partial charge in [0.2, 0.25) is 10.0 Å². The molecule has 0 aliphatic carbocycles. The van der Waals surface area contributed by atoms with E-state index in [1.54, 1.807) is 16.7 Å². The molecule has 1 saturated heterocycles. The normalized spacial score (nSPS) is 16.9. The highest BCUT2D eigenvalue weighted by molar-refractivity contribution is 7.89. The van der Waals surface area contributed by atoms with E-state index in [0.29, 0.717) is 48.1 Å². The van der Waals surface area contributed by atoms with Crippen LogP contribution in [0.3, 0.4) is 0 Å². The molecule has 12 heteroatoms. The fraction of sp³-hybridized carbons (Fsp3) is 0.400. The van der Waals surface area contributed by atoms with Crippen molar-refractivity contribution in [3.05, 3.63) is 46.8 Å². The number of esters is 1. The molecular weight excluding hydrogens is 518 g/mol. The molecule has 0 radical (unpaired) electrons. The number of fused-ring (bicyclic) bond motifs is 2. The Morgan fingerprint density at radius 3 is 2.30 bits per heavy atom. The third-order valence-corrected chi connectivity index (χ3v) is 9.32. The first-order valence-electron chi connectivity index (χ1n) is 12.1. The van der Waals surface area contributed by atoms with Crippen molar-refractivity contribution in [3.8, 4) is 11.5 Å². The number of ether oxygens (including phenoxy) is 3. The molecule has 5 rings (SSSR count). The molecular formula is C25H27N3O7S2. The number of sulfonamides is 1. The van der Waals surface area contributed by atoms with Crippen molar-refractivity contribution < 1.29 is 32.2 Å². The average molecular weight is 546 g/mol. The van der Waals surface area contributed by atoms with Gasteiger partial charge in [-0.1, -0.05) is 24.2 Å². The highest BCUT2D eigenvalue weighted by atomic mass is 32.2. The van der Waals surface area contributed by atoms with Gasteiger partial charge in [-0.05, 0) is 37.1 Å². The third kappa shape index (κ3) is 5.27. The van der Waals surface area contributed by atoms with Crippen LogP contribution in [-0.2, 0) is 26.1 Å². The van der Waals surface area contributed by atoms with Gasteiger partial charge in [0.15, 0.2) is 16.3 Å². The van der Waals surface area contributed by atoms with E-state index in [1.807, 2.05) is 0 Å². The Kier molecular flexibility index (Phi) is 7.31. The van der Waals surface area contributed by atoms with E-state index in [0.717, 1.165) is 30.4 Å². The second-order valence-electron chi connectivity index (χ2n) is 8.77. The Bertz CT molecular complexity index is 1500. The second-order valence-corrected chi connectivity index (χ2v) is 11.7. The van der Waals surface area contributed by atoms with E-state index in [9.17, 15) is 18.0 Å². The molecule has 2 aromatic carbocycles. The van der Waals surface area contributed by atoms with Crippen LogP contribution in [0.1, 0.15) is 36.0 Å². The van der Waals surface area contributed by atoms with E-state index < -0.39 is 21.9 Å². The SMILES string of the molecule is COC(=O)Cn1c(=NC(=O)c2ccc(S(=O)(=O)N3CCCCCC3)cc2)sc2cc3c(cc21)OCCO3. The number of carbonyl (C=O) groups is 2. The van der Waals surface area contributed by atoms with Crippen molar-refractivity contribution in [1.82, 2.24) is 8.87 Å². The Morgan fingerprint density at radius 1 is 1.00 bits per heavy atom. The van der Waals surface area contributed by atoms with Gasteiger partial charge in [-0.25, -0.2) is 8.42 Å². The van der Waals surface area contributed by atoms with Gasteiger partial charge < -0.3 is 18.8 Å². The molecule has 1 amide bonds. The number of carbonyl (C=O) groups excluding carboxylic acids is 2. The van der Waals surface area contributed by atoms with Gasteiger partial charge in [0.05, 0.1) is 22.2 Å². The van der Waals surface area contributed by atoms with Crippen molar-refractivity contribution in [2.24, 2.45) is 4.99 Å². The molecule has 0 bridgehead atoms. The van der Waals surface area contributed by atoms with Gasteiger partial charge in [-0.2, -0.15) is 9.30 Å². The predicted molar refractivity (Wildman–Crippen MR) is 136 cm³/mol. The Hall–Kier alpha value is -3.22. The maximum absolute atomic E-state index is 13.1. The summed E-state index contributed by atoms with van der Waals surface area (Å²) in [6, 6.07) is 9.38. The fourth-order valence-electron chi connectivity index (χ4n) is 4.39. The quantitative estimate of drug-likeness (QED) is 0.453. The average Bonchev–Trinajstić information content (AvgIpc) is 3.07. The Morgan fingerprint density at radius 2 is 1.65 bits per heavy atom. The van der Waals surface area contributed by atoms with E-state index in [-0.39, 0.29) is 17.0 Å². The number of nitrogens with zero attached hydrogens (tertiary/aromatic N) is 3. The first kappa shape index (κ1) is 25.4. The summed E-state index contributed by atoms with van der Waals surface area (Å²) in [7, 11) is -2.33. The number of benzene rings is 2. The molecule has 0 N–H and O–H groups in total. The summed E-state index contributed by atoms with van der Waals surface area (Å²) in [5.74, 6) is 0.0891. The van der Waals surface area contributed by atoms with Gasteiger partial charge in [-0.3, -0.25) is 9.59 Å². The number of rotatable bonds is 5. The molecule has 196 valence electrons. The lowest BCUT2D eigenvalue weighted by molar-refractivity contribution is -0.141. The number of aromatic nitrogens is 1. The number of hydrogen-bond donors (Lipinski definition) is 0. The summed E-state index contributed by atoms with van der Waals surface area (Å²) in [5, 5.41) is 0. The standard InChI is InChI=1S/C25H27N3O7S2/c1-33-23(29)16-28-19-14-20-21(35-13-12-34-20)15-22(19)36-25(28)26-24(30)17-6-8-18(9-7-17)37(31,32)27-10-4-2-3-5-11-27/h6-9,14-15H,2-5,10-13,16H2,1H3. The zero-order valence-corrected chi connectivity index (χ0v) is 22.0. The molecule has 1 aromatic heterocycles. The maximum atomic E-state index is 13.1. The molecule has 37 heavy (non-hydrogen) atoms. The Labute approximate surface area is 218 Å². The zero-order valence-electron chi connectivity index (χ0n) is 20.3. The van der Waals surface area contributed by atoms with Crippen molar-refractivity contribution in [2.75, 3.05) is 33.4 Å². The molecule has 2 aliphatic heterocycles. The van der Waals surface area contributed by atoms with Crippen molar-refractivity contribution in [1.29, 1.82) is 0 Å². The van der Waals surface area contributed by atoms with Crippen molar-refractivity contribution in [2.45, 2.75) is 37.1 Å². The van der Waals surface area contributed by atoms with Gasteiger partial charge in [0, 0.05) is 30.8 Å². The predicted octanol–water partition coefficient (Wildman–Crippen LogP) is 2.95. The maximum Gasteiger partial charge on any atom is 0.325 e. The monoisotopic (exact) mass is 545 g/mol. The summed E-state index contributed by atoms with van der Waals surface area (Å²) < 4.78 is 46.1. The zero-order chi connectivity index (χ0) is 26.0. The van der Waals surface area contributed by atoms with Gasteiger partial charge in [0.25, 0.3) is 5.91 Å². The molecule has 2 aliphatic rings. The summed E-state index contributed by atoms with van der Waals surface area (Å²) >= 11 is 1.23. The molecule has 10 nitrogen and oxygen atoms in total. The number of methoxy groups -OCH3 is 1. The van der Waals surface area contributed by atoms with Crippen LogP contribution < -0.4 is 14.3 Å². The molecule has 3 heterocycles. The van der Waals surface area contributed by atoms with Crippen LogP contribution in [0.5, 0.6) is 11.5 Å². The molecule has 3 aromatic rings. The smallest absolute Gasteiger partial charge is 0.325 e. The first-order chi connectivity index (χ1) is 17.9. The van der Waals surface area contributed by atoms with Crippen LogP contribution in [0.2, 0.25) is 0 Å². The number of thiazole rings is 1. The van der Waals surface area contributed by atoms with E-state index >= 15 is 0 Å². The molecule has 1 fully saturated rings. The van der Waals surface area contributed by atoms with Gasteiger partial charge in [-0.15, -0.1) is 0 Å². The minimum absolute atomic E-state index is 0.144. The third-order valence-electron chi connectivity index (χ3n) is 6.36. The summed E-state index contributed by atoms with van der Waals surface area (Å²) in [6.45, 7) is 1.72. The van der Waals surface area contributed by atoms with Crippen LogP contribution in [-0.4, -0.2) is 62.6 Å². The molecule has 0 saturated carbocycles. The summed E-state index contributed by atoms with van der Waals surface area (Å²) in [4.78, 5) is 29.9. The highest BCUT2D eigenvalue weighted by Gasteiger charge is 2.25. The van der Waals surface area contributed by atoms with E-state index in [1.165, 1.54) is 47.0 Å². The van der Waals surface area contributed by atoms with E-state index in [4.69, 9.17) is 14.2 Å². The molecule has 0 unspecified atom stereocenters. The Balaban J connectivity index is 1.48. The second kappa shape index (κ2) is 10.6. The van der Waals surface area contributed by atoms with Gasteiger partial charge >= 0.3 is 5.97 Å².